The average Bonchev–Trinajstić information content (AvgIpc) is 2.81. The SMILES string of the molecule is COC(=O)c1cc(NCc2nc(C)sc2C)cc(C)c1[N+](=O)[O-]. The van der Waals surface area contributed by atoms with Gasteiger partial charge in [-0.25, -0.2) is 9.78 Å². The minimum absolute atomic E-state index is 0.0637. The van der Waals surface area contributed by atoms with Crippen LogP contribution in [0.4, 0.5) is 11.4 Å². The van der Waals surface area contributed by atoms with Gasteiger partial charge in [-0.15, -0.1) is 11.3 Å². The highest BCUT2D eigenvalue weighted by molar-refractivity contribution is 7.11. The molecule has 0 saturated heterocycles. The number of hydrogen-bond donors (Lipinski definition) is 1. The summed E-state index contributed by atoms with van der Waals surface area (Å²) in [5, 5.41) is 15.3. The van der Waals surface area contributed by atoms with Crippen molar-refractivity contribution in [3.05, 3.63) is 49.0 Å². The molecule has 1 heterocycles. The standard InChI is InChI=1S/C15H17N3O4S/c1-8-5-11(16-7-13-9(2)23-10(3)17-13)6-12(15(19)22-4)14(8)18(20)21/h5-6,16H,7H2,1-4H3. The van der Waals surface area contributed by atoms with Gasteiger partial charge in [0.15, 0.2) is 0 Å². The number of ether oxygens (including phenoxy) is 1. The number of nitro groups is 1. The Hall–Kier alpha value is -2.48. The Morgan fingerprint density at radius 1 is 1.39 bits per heavy atom. The Bertz CT molecular complexity index is 770. The number of nitrogens with zero attached hydrogens (tertiary/aromatic N) is 2. The van der Waals surface area contributed by atoms with Crippen LogP contribution in [-0.2, 0) is 11.3 Å². The van der Waals surface area contributed by atoms with Gasteiger partial charge in [-0.1, -0.05) is 0 Å². The number of thiazole rings is 1. The predicted octanol–water partition coefficient (Wildman–Crippen LogP) is 3.38. The van der Waals surface area contributed by atoms with Gasteiger partial charge in [0.05, 0.1) is 29.3 Å². The number of esters is 1. The van der Waals surface area contributed by atoms with E-state index < -0.39 is 10.9 Å². The van der Waals surface area contributed by atoms with Gasteiger partial charge in [0.2, 0.25) is 0 Å². The first kappa shape index (κ1) is 16.9. The Kier molecular flexibility index (Phi) is 4.95. The summed E-state index contributed by atoms with van der Waals surface area (Å²) in [6, 6.07) is 3.07. The molecule has 23 heavy (non-hydrogen) atoms. The van der Waals surface area contributed by atoms with E-state index in [0.717, 1.165) is 15.6 Å². The molecule has 122 valence electrons. The van der Waals surface area contributed by atoms with Crippen molar-refractivity contribution in [3.8, 4) is 0 Å². The number of rotatable bonds is 5. The molecule has 0 bridgehead atoms. The maximum Gasteiger partial charge on any atom is 0.344 e. The van der Waals surface area contributed by atoms with Crippen LogP contribution in [0.15, 0.2) is 12.1 Å². The number of benzene rings is 1. The molecule has 1 aromatic heterocycles. The highest BCUT2D eigenvalue weighted by Crippen LogP contribution is 2.28. The minimum Gasteiger partial charge on any atom is -0.465 e. The van der Waals surface area contributed by atoms with Crippen molar-refractivity contribution in [2.75, 3.05) is 12.4 Å². The van der Waals surface area contributed by atoms with Gasteiger partial charge >= 0.3 is 5.97 Å². The van der Waals surface area contributed by atoms with Crippen LogP contribution in [-0.4, -0.2) is 23.0 Å². The highest BCUT2D eigenvalue weighted by atomic mass is 32.1. The molecule has 0 fully saturated rings. The van der Waals surface area contributed by atoms with E-state index in [1.807, 2.05) is 13.8 Å². The lowest BCUT2D eigenvalue weighted by molar-refractivity contribution is -0.385. The van der Waals surface area contributed by atoms with Crippen molar-refractivity contribution in [1.29, 1.82) is 0 Å². The maximum absolute atomic E-state index is 11.8. The van der Waals surface area contributed by atoms with Crippen molar-refractivity contribution in [3.63, 3.8) is 0 Å². The number of aryl methyl sites for hydroxylation is 3. The third-order valence-corrected chi connectivity index (χ3v) is 4.28. The second kappa shape index (κ2) is 6.74. The molecule has 7 nitrogen and oxygen atoms in total. The van der Waals surface area contributed by atoms with Crippen LogP contribution in [0.1, 0.15) is 31.5 Å². The van der Waals surface area contributed by atoms with Crippen molar-refractivity contribution in [2.24, 2.45) is 0 Å². The summed E-state index contributed by atoms with van der Waals surface area (Å²) in [6.07, 6.45) is 0. The minimum atomic E-state index is -0.732. The number of anilines is 1. The molecule has 0 aliphatic carbocycles. The molecule has 8 heteroatoms. The predicted molar refractivity (Wildman–Crippen MR) is 88.1 cm³/mol. The van der Waals surface area contributed by atoms with Gasteiger partial charge in [0.1, 0.15) is 5.56 Å². The molecule has 2 aromatic rings. The van der Waals surface area contributed by atoms with E-state index in [1.54, 1.807) is 24.3 Å². The van der Waals surface area contributed by atoms with Crippen molar-refractivity contribution in [1.82, 2.24) is 4.98 Å². The number of hydrogen-bond acceptors (Lipinski definition) is 7. The third-order valence-electron chi connectivity index (χ3n) is 3.35. The molecule has 1 N–H and O–H groups in total. The van der Waals surface area contributed by atoms with E-state index in [2.05, 4.69) is 15.0 Å². The molecular weight excluding hydrogens is 318 g/mol. The fraction of sp³-hybridized carbons (Fsp3) is 0.333. The molecule has 0 radical (unpaired) electrons. The molecule has 2 rings (SSSR count). The van der Waals surface area contributed by atoms with Crippen molar-refractivity contribution < 1.29 is 14.5 Å². The first-order chi connectivity index (χ1) is 10.8. The first-order valence-electron chi connectivity index (χ1n) is 6.87. The van der Waals surface area contributed by atoms with Crippen molar-refractivity contribution in [2.45, 2.75) is 27.3 Å². The fourth-order valence-corrected chi connectivity index (χ4v) is 3.15. The van der Waals surface area contributed by atoms with Gasteiger partial charge in [-0.2, -0.15) is 0 Å². The monoisotopic (exact) mass is 335 g/mol. The fourth-order valence-electron chi connectivity index (χ4n) is 2.31. The Labute approximate surface area is 137 Å². The Morgan fingerprint density at radius 2 is 2.09 bits per heavy atom. The van der Waals surface area contributed by atoms with Crippen LogP contribution in [0.3, 0.4) is 0 Å². The van der Waals surface area contributed by atoms with Crippen LogP contribution in [0.5, 0.6) is 0 Å². The summed E-state index contributed by atoms with van der Waals surface area (Å²) in [7, 11) is 1.20. The topological polar surface area (TPSA) is 94.4 Å². The lowest BCUT2D eigenvalue weighted by Crippen LogP contribution is -2.09. The number of nitro benzene ring substituents is 1. The molecule has 1 aromatic carbocycles. The first-order valence-corrected chi connectivity index (χ1v) is 7.69. The van der Waals surface area contributed by atoms with Crippen LogP contribution in [0, 0.1) is 30.9 Å². The van der Waals surface area contributed by atoms with Crippen LogP contribution in [0.25, 0.3) is 0 Å². The smallest absolute Gasteiger partial charge is 0.344 e. The zero-order valence-corrected chi connectivity index (χ0v) is 14.1. The Morgan fingerprint density at radius 3 is 2.61 bits per heavy atom. The Balaban J connectivity index is 2.33. The number of nitrogens with one attached hydrogen (secondary N) is 1. The molecule has 0 unspecified atom stereocenters. The molecule has 0 amide bonds. The second-order valence-corrected chi connectivity index (χ2v) is 6.43. The van der Waals surface area contributed by atoms with Crippen LogP contribution < -0.4 is 5.32 Å². The van der Waals surface area contributed by atoms with Gasteiger partial charge in [0, 0.05) is 16.1 Å². The molecule has 0 atom stereocenters. The summed E-state index contributed by atoms with van der Waals surface area (Å²) in [5.74, 6) is -0.732. The molecule has 0 aliphatic rings. The average molecular weight is 335 g/mol. The van der Waals surface area contributed by atoms with Crippen molar-refractivity contribution >= 4 is 28.7 Å². The summed E-state index contributed by atoms with van der Waals surface area (Å²) in [5.41, 5.74) is 1.63. The van der Waals surface area contributed by atoms with Gasteiger partial charge in [-0.05, 0) is 32.9 Å². The summed E-state index contributed by atoms with van der Waals surface area (Å²) < 4.78 is 4.64. The quantitative estimate of drug-likeness (QED) is 0.511. The maximum atomic E-state index is 11.8. The van der Waals surface area contributed by atoms with E-state index >= 15 is 0 Å². The lowest BCUT2D eigenvalue weighted by atomic mass is 10.1. The van der Waals surface area contributed by atoms with E-state index in [0.29, 0.717) is 17.8 Å². The molecular formula is C15H17N3O4S. The van der Waals surface area contributed by atoms with E-state index in [9.17, 15) is 14.9 Å². The molecule has 0 saturated carbocycles. The van der Waals surface area contributed by atoms with Gasteiger partial charge in [0.25, 0.3) is 5.69 Å². The van der Waals surface area contributed by atoms with E-state index in [1.165, 1.54) is 13.2 Å². The number of carbonyl (C=O) groups is 1. The summed E-state index contributed by atoms with van der Waals surface area (Å²) in [4.78, 5) is 27.9. The van der Waals surface area contributed by atoms with Crippen LogP contribution in [0.2, 0.25) is 0 Å². The summed E-state index contributed by atoms with van der Waals surface area (Å²) >= 11 is 1.61. The van der Waals surface area contributed by atoms with Crippen LogP contribution >= 0.6 is 11.3 Å². The largest absolute Gasteiger partial charge is 0.465 e. The molecule has 0 aliphatic heterocycles. The zero-order valence-electron chi connectivity index (χ0n) is 13.3. The number of carbonyl (C=O) groups excluding carboxylic acids is 1. The van der Waals surface area contributed by atoms with Gasteiger partial charge in [-0.3, -0.25) is 10.1 Å². The number of aromatic nitrogens is 1. The lowest BCUT2D eigenvalue weighted by Gasteiger charge is -2.10. The van der Waals surface area contributed by atoms with E-state index in [-0.39, 0.29) is 11.3 Å². The second-order valence-electron chi connectivity index (χ2n) is 5.03. The number of methoxy groups -OCH3 is 1. The highest BCUT2D eigenvalue weighted by Gasteiger charge is 2.24. The summed E-state index contributed by atoms with van der Waals surface area (Å²) in [6.45, 7) is 6.00. The normalized spacial score (nSPS) is 10.4. The van der Waals surface area contributed by atoms with E-state index in [4.69, 9.17) is 0 Å². The van der Waals surface area contributed by atoms with Gasteiger partial charge < -0.3 is 10.1 Å². The zero-order chi connectivity index (χ0) is 17.1. The third kappa shape index (κ3) is 3.65. The molecule has 0 spiro atoms.